The SMILES string of the molecule is O=C(O)c1occc1CN1CCC(CN2CCCC2)CC1. The van der Waals surface area contributed by atoms with Crippen LogP contribution in [0.4, 0.5) is 0 Å². The number of hydrogen-bond donors (Lipinski definition) is 1. The molecule has 1 aromatic heterocycles. The van der Waals surface area contributed by atoms with Crippen LogP contribution in [0.1, 0.15) is 41.8 Å². The fraction of sp³-hybridized carbons (Fsp3) is 0.688. The van der Waals surface area contributed by atoms with Crippen molar-refractivity contribution in [3.05, 3.63) is 23.7 Å². The highest BCUT2D eigenvalue weighted by molar-refractivity contribution is 5.86. The molecule has 2 fully saturated rings. The van der Waals surface area contributed by atoms with Crippen molar-refractivity contribution in [2.45, 2.75) is 32.2 Å². The monoisotopic (exact) mass is 292 g/mol. The number of likely N-dealkylation sites (tertiary alicyclic amines) is 2. The van der Waals surface area contributed by atoms with E-state index >= 15 is 0 Å². The van der Waals surface area contributed by atoms with Crippen LogP contribution in [0.5, 0.6) is 0 Å². The van der Waals surface area contributed by atoms with Crippen LogP contribution in [0.3, 0.4) is 0 Å². The Balaban J connectivity index is 1.47. The number of hydrogen-bond acceptors (Lipinski definition) is 4. The standard InChI is InChI=1S/C16H24N2O3/c19-16(20)15-14(5-10-21-15)12-18-8-3-13(4-9-18)11-17-6-1-2-7-17/h5,10,13H,1-4,6-9,11-12H2,(H,19,20). The molecule has 1 aromatic rings. The van der Waals surface area contributed by atoms with Gasteiger partial charge in [0.2, 0.25) is 5.76 Å². The minimum absolute atomic E-state index is 0.0918. The zero-order chi connectivity index (χ0) is 14.7. The summed E-state index contributed by atoms with van der Waals surface area (Å²) in [5, 5.41) is 9.07. The summed E-state index contributed by atoms with van der Waals surface area (Å²) >= 11 is 0. The van der Waals surface area contributed by atoms with Gasteiger partial charge in [-0.2, -0.15) is 0 Å². The number of carboxylic acids is 1. The molecule has 0 aromatic carbocycles. The highest BCUT2D eigenvalue weighted by Crippen LogP contribution is 2.23. The molecule has 0 atom stereocenters. The molecular weight excluding hydrogens is 268 g/mol. The summed E-state index contributed by atoms with van der Waals surface area (Å²) in [6.45, 7) is 6.61. The average Bonchev–Trinajstić information content (AvgIpc) is 3.12. The number of furan rings is 1. The van der Waals surface area contributed by atoms with Crippen LogP contribution in [-0.4, -0.2) is 53.6 Å². The Kier molecular flexibility index (Phi) is 4.60. The third kappa shape index (κ3) is 3.66. The van der Waals surface area contributed by atoms with Crippen molar-refractivity contribution in [1.82, 2.24) is 9.80 Å². The molecule has 2 saturated heterocycles. The molecule has 5 heteroatoms. The molecule has 3 heterocycles. The predicted octanol–water partition coefficient (Wildman–Crippen LogP) is 2.29. The number of nitrogens with zero attached hydrogens (tertiary/aromatic N) is 2. The molecule has 0 aliphatic carbocycles. The summed E-state index contributed by atoms with van der Waals surface area (Å²) in [5.74, 6) is -0.0734. The van der Waals surface area contributed by atoms with Crippen molar-refractivity contribution in [2.24, 2.45) is 5.92 Å². The van der Waals surface area contributed by atoms with E-state index in [9.17, 15) is 4.79 Å². The Labute approximate surface area is 125 Å². The largest absolute Gasteiger partial charge is 0.475 e. The van der Waals surface area contributed by atoms with E-state index in [-0.39, 0.29) is 5.76 Å². The van der Waals surface area contributed by atoms with Gasteiger partial charge in [-0.15, -0.1) is 0 Å². The Bertz CT molecular complexity index is 472. The Morgan fingerprint density at radius 3 is 2.57 bits per heavy atom. The molecule has 3 rings (SSSR count). The van der Waals surface area contributed by atoms with Crippen LogP contribution in [0.25, 0.3) is 0 Å². The van der Waals surface area contributed by atoms with Crippen LogP contribution in [0.15, 0.2) is 16.7 Å². The van der Waals surface area contributed by atoms with Crippen molar-refractivity contribution in [3.63, 3.8) is 0 Å². The zero-order valence-electron chi connectivity index (χ0n) is 12.5. The number of aromatic carboxylic acids is 1. The van der Waals surface area contributed by atoms with E-state index in [0.29, 0.717) is 6.54 Å². The topological polar surface area (TPSA) is 56.9 Å². The van der Waals surface area contributed by atoms with Gasteiger partial charge in [0, 0.05) is 18.7 Å². The lowest BCUT2D eigenvalue weighted by Crippen LogP contribution is -2.37. The van der Waals surface area contributed by atoms with Gasteiger partial charge in [-0.1, -0.05) is 0 Å². The van der Waals surface area contributed by atoms with Gasteiger partial charge >= 0.3 is 5.97 Å². The number of carboxylic acid groups (broad SMARTS) is 1. The predicted molar refractivity (Wildman–Crippen MR) is 79.3 cm³/mol. The molecule has 2 aliphatic rings. The lowest BCUT2D eigenvalue weighted by Gasteiger charge is -2.33. The van der Waals surface area contributed by atoms with Crippen molar-refractivity contribution in [3.8, 4) is 0 Å². The molecule has 0 bridgehead atoms. The maximum atomic E-state index is 11.1. The van der Waals surface area contributed by atoms with E-state index in [4.69, 9.17) is 9.52 Å². The summed E-state index contributed by atoms with van der Waals surface area (Å²) in [4.78, 5) is 16.0. The molecular formula is C16H24N2O3. The van der Waals surface area contributed by atoms with Crippen molar-refractivity contribution >= 4 is 5.97 Å². The van der Waals surface area contributed by atoms with Crippen LogP contribution in [0, 0.1) is 5.92 Å². The smallest absolute Gasteiger partial charge is 0.372 e. The Morgan fingerprint density at radius 2 is 1.90 bits per heavy atom. The van der Waals surface area contributed by atoms with Crippen LogP contribution >= 0.6 is 0 Å². The molecule has 0 spiro atoms. The highest BCUT2D eigenvalue weighted by atomic mass is 16.4. The second-order valence-corrected chi connectivity index (χ2v) is 6.31. The summed E-state index contributed by atoms with van der Waals surface area (Å²) in [6, 6.07) is 1.78. The van der Waals surface area contributed by atoms with Crippen LogP contribution in [0.2, 0.25) is 0 Å². The first-order valence-corrected chi connectivity index (χ1v) is 7.97. The van der Waals surface area contributed by atoms with Gasteiger partial charge < -0.3 is 14.4 Å². The van der Waals surface area contributed by atoms with Gasteiger partial charge in [0.25, 0.3) is 0 Å². The van der Waals surface area contributed by atoms with Gasteiger partial charge in [0.15, 0.2) is 0 Å². The van der Waals surface area contributed by atoms with Gasteiger partial charge in [-0.05, 0) is 63.8 Å². The lowest BCUT2D eigenvalue weighted by molar-refractivity contribution is 0.0657. The first kappa shape index (κ1) is 14.6. The van der Waals surface area contributed by atoms with E-state index in [1.807, 2.05) is 0 Å². The van der Waals surface area contributed by atoms with Crippen LogP contribution in [-0.2, 0) is 6.54 Å². The summed E-state index contributed by atoms with van der Waals surface area (Å²) in [6.07, 6.45) is 6.63. The summed E-state index contributed by atoms with van der Waals surface area (Å²) < 4.78 is 5.04. The summed E-state index contributed by atoms with van der Waals surface area (Å²) in [7, 11) is 0. The van der Waals surface area contributed by atoms with E-state index in [0.717, 1.165) is 24.6 Å². The minimum Gasteiger partial charge on any atom is -0.475 e. The van der Waals surface area contributed by atoms with Crippen LogP contribution < -0.4 is 0 Å². The first-order chi connectivity index (χ1) is 10.2. The fourth-order valence-electron chi connectivity index (χ4n) is 3.55. The molecule has 0 amide bonds. The van der Waals surface area contributed by atoms with Gasteiger partial charge in [-0.3, -0.25) is 4.90 Å². The average molecular weight is 292 g/mol. The van der Waals surface area contributed by atoms with Crippen molar-refractivity contribution in [2.75, 3.05) is 32.7 Å². The molecule has 21 heavy (non-hydrogen) atoms. The van der Waals surface area contributed by atoms with E-state index < -0.39 is 5.97 Å². The Hall–Kier alpha value is -1.33. The van der Waals surface area contributed by atoms with Gasteiger partial charge in [0.05, 0.1) is 6.26 Å². The van der Waals surface area contributed by atoms with E-state index in [2.05, 4.69) is 9.80 Å². The summed E-state index contributed by atoms with van der Waals surface area (Å²) in [5.41, 5.74) is 0.792. The van der Waals surface area contributed by atoms with E-state index in [1.165, 1.54) is 51.6 Å². The number of piperidine rings is 1. The van der Waals surface area contributed by atoms with Gasteiger partial charge in [-0.25, -0.2) is 4.79 Å². The highest BCUT2D eigenvalue weighted by Gasteiger charge is 2.24. The third-order valence-corrected chi connectivity index (χ3v) is 4.76. The lowest BCUT2D eigenvalue weighted by atomic mass is 9.96. The molecule has 116 valence electrons. The number of rotatable bonds is 5. The second-order valence-electron chi connectivity index (χ2n) is 6.31. The quantitative estimate of drug-likeness (QED) is 0.902. The van der Waals surface area contributed by atoms with Crippen molar-refractivity contribution < 1.29 is 14.3 Å². The molecule has 1 N–H and O–H groups in total. The molecule has 0 saturated carbocycles. The van der Waals surface area contributed by atoms with Gasteiger partial charge in [0.1, 0.15) is 0 Å². The van der Waals surface area contributed by atoms with E-state index in [1.54, 1.807) is 6.07 Å². The Morgan fingerprint density at radius 1 is 1.19 bits per heavy atom. The second kappa shape index (κ2) is 6.62. The zero-order valence-corrected chi connectivity index (χ0v) is 12.5. The minimum atomic E-state index is -0.973. The molecule has 0 radical (unpaired) electrons. The normalized spacial score (nSPS) is 21.9. The first-order valence-electron chi connectivity index (χ1n) is 7.97. The number of carbonyl (C=O) groups is 1. The fourth-order valence-corrected chi connectivity index (χ4v) is 3.55. The maximum absolute atomic E-state index is 11.1. The molecule has 0 unspecified atom stereocenters. The maximum Gasteiger partial charge on any atom is 0.372 e. The third-order valence-electron chi connectivity index (χ3n) is 4.76. The molecule has 2 aliphatic heterocycles. The van der Waals surface area contributed by atoms with Crippen molar-refractivity contribution in [1.29, 1.82) is 0 Å². The molecule has 5 nitrogen and oxygen atoms in total.